The zero-order valence-corrected chi connectivity index (χ0v) is 26.0. The lowest BCUT2D eigenvalue weighted by Crippen LogP contribution is -2.52. The highest BCUT2D eigenvalue weighted by Gasteiger charge is 2.28. The number of pyridine rings is 1. The van der Waals surface area contributed by atoms with Crippen molar-refractivity contribution in [2.75, 3.05) is 81.6 Å². The summed E-state index contributed by atoms with van der Waals surface area (Å²) >= 11 is 4.31. The third-order valence-corrected chi connectivity index (χ3v) is 9.34. The summed E-state index contributed by atoms with van der Waals surface area (Å²) in [5.74, 6) is 2.30. The molecule has 0 aliphatic carbocycles. The molecule has 0 bridgehead atoms. The molecule has 6 rings (SSSR count). The first kappa shape index (κ1) is 29.2. The number of nitrogens with zero attached hydrogens (tertiary/aromatic N) is 6. The monoisotopic (exact) mass is 592 g/mol. The van der Waals surface area contributed by atoms with Crippen molar-refractivity contribution in [1.29, 1.82) is 0 Å². The Balaban J connectivity index is 1.28. The molecule has 0 spiro atoms. The molecule has 3 aliphatic heterocycles. The van der Waals surface area contributed by atoms with Crippen molar-refractivity contribution in [1.82, 2.24) is 24.8 Å². The number of likely N-dealkylation sites (N-methyl/N-ethyl adjacent to an activating group) is 1. The zero-order valence-electron chi connectivity index (χ0n) is 25.1. The third-order valence-electron chi connectivity index (χ3n) is 9.12. The van der Waals surface area contributed by atoms with Crippen LogP contribution in [0, 0.1) is 0 Å². The van der Waals surface area contributed by atoms with Gasteiger partial charge in [0.1, 0.15) is 22.6 Å². The lowest BCUT2D eigenvalue weighted by molar-refractivity contribution is 0.0903. The SMILES string of the molecule is CCc1nc2c(NS)ncc(-c3ccc(N4CCC(N5CCN(C)CC5)CC4)c(OC)c3)c2nc1NC1CCOCC1. The summed E-state index contributed by atoms with van der Waals surface area (Å²) < 4.78 is 14.4. The van der Waals surface area contributed by atoms with E-state index >= 15 is 0 Å². The van der Waals surface area contributed by atoms with Gasteiger partial charge in [-0.1, -0.05) is 25.8 Å². The molecule has 3 aliphatic rings. The minimum Gasteiger partial charge on any atom is -0.495 e. The highest BCUT2D eigenvalue weighted by Crippen LogP contribution is 2.38. The van der Waals surface area contributed by atoms with Crippen LogP contribution in [-0.4, -0.2) is 103 Å². The van der Waals surface area contributed by atoms with Crippen molar-refractivity contribution in [3.8, 4) is 16.9 Å². The molecule has 0 radical (unpaired) electrons. The second kappa shape index (κ2) is 13.2. The van der Waals surface area contributed by atoms with Crippen LogP contribution in [0.15, 0.2) is 24.4 Å². The summed E-state index contributed by atoms with van der Waals surface area (Å²) in [6.07, 6.45) is 6.90. The van der Waals surface area contributed by atoms with E-state index in [0.717, 1.165) is 85.2 Å². The predicted molar refractivity (Wildman–Crippen MR) is 173 cm³/mol. The van der Waals surface area contributed by atoms with Gasteiger partial charge >= 0.3 is 0 Å². The van der Waals surface area contributed by atoms with Gasteiger partial charge in [0, 0.05) is 76.3 Å². The molecule has 0 atom stereocenters. The average molecular weight is 593 g/mol. The van der Waals surface area contributed by atoms with Gasteiger partial charge in [-0.15, -0.1) is 0 Å². The quantitative estimate of drug-likeness (QED) is 0.329. The maximum atomic E-state index is 5.97. The average Bonchev–Trinajstić information content (AvgIpc) is 3.04. The molecule has 0 unspecified atom stereocenters. The fourth-order valence-corrected chi connectivity index (χ4v) is 6.69. The molecule has 2 N–H and O–H groups in total. The molecular weight excluding hydrogens is 548 g/mol. The number of nitrogens with one attached hydrogen (secondary N) is 2. The molecule has 42 heavy (non-hydrogen) atoms. The number of piperidine rings is 1. The number of piperazine rings is 1. The number of aryl methyl sites for hydroxylation is 1. The van der Waals surface area contributed by atoms with Gasteiger partial charge in [0.2, 0.25) is 0 Å². The fraction of sp³-hybridized carbons (Fsp3) is 0.581. The number of thiol groups is 1. The number of ether oxygens (including phenoxy) is 2. The van der Waals surface area contributed by atoms with Crippen LogP contribution in [0.5, 0.6) is 5.75 Å². The van der Waals surface area contributed by atoms with Crippen molar-refractivity contribution < 1.29 is 9.47 Å². The van der Waals surface area contributed by atoms with Gasteiger partial charge in [-0.05, 0) is 56.8 Å². The van der Waals surface area contributed by atoms with Crippen LogP contribution in [0.1, 0.15) is 38.3 Å². The molecule has 2 aromatic heterocycles. The van der Waals surface area contributed by atoms with Crippen molar-refractivity contribution in [3.05, 3.63) is 30.1 Å². The standard InChI is InChI=1S/C31H44N8O2S/c1-4-25-30(33-22-9-17-41-18-10-22)35-28-24(20-32-31(36-42)29(28)34-25)21-5-6-26(27(19-21)40-3)39-11-7-23(8-12-39)38-15-13-37(2)14-16-38/h5-6,19-20,22-23,42H,4,7-18H2,1-3H3,(H,32,36)(H,33,35). The number of hydrogen-bond acceptors (Lipinski definition) is 11. The first-order valence-electron chi connectivity index (χ1n) is 15.4. The first-order chi connectivity index (χ1) is 20.6. The largest absolute Gasteiger partial charge is 0.495 e. The molecular formula is C31H44N8O2S. The topological polar surface area (TPSA) is 90.9 Å². The van der Waals surface area contributed by atoms with Crippen molar-refractivity contribution in [2.24, 2.45) is 0 Å². The Kier molecular flexibility index (Phi) is 9.18. The van der Waals surface area contributed by atoms with E-state index in [9.17, 15) is 0 Å². The Morgan fingerprint density at radius 2 is 1.74 bits per heavy atom. The van der Waals surface area contributed by atoms with Gasteiger partial charge in [-0.2, -0.15) is 0 Å². The van der Waals surface area contributed by atoms with Gasteiger partial charge in [-0.25, -0.2) is 15.0 Å². The van der Waals surface area contributed by atoms with Gasteiger partial charge in [0.15, 0.2) is 5.82 Å². The lowest BCUT2D eigenvalue weighted by atomic mass is 10.00. The Morgan fingerprint density at radius 3 is 2.43 bits per heavy atom. The van der Waals surface area contributed by atoms with Crippen molar-refractivity contribution in [2.45, 2.75) is 51.1 Å². The summed E-state index contributed by atoms with van der Waals surface area (Å²) in [7, 11) is 3.98. The summed E-state index contributed by atoms with van der Waals surface area (Å²) in [5, 5.41) is 3.66. The number of methoxy groups -OCH3 is 1. The zero-order chi connectivity index (χ0) is 29.1. The molecule has 3 aromatic rings. The molecule has 0 saturated carbocycles. The van der Waals surface area contributed by atoms with Gasteiger partial charge in [0.05, 0.1) is 18.5 Å². The van der Waals surface area contributed by atoms with E-state index in [2.05, 4.69) is 74.7 Å². The lowest BCUT2D eigenvalue weighted by Gasteiger charge is -2.42. The molecule has 226 valence electrons. The Bertz CT molecular complexity index is 1370. The summed E-state index contributed by atoms with van der Waals surface area (Å²) in [6, 6.07) is 7.47. The molecule has 3 fully saturated rings. The van der Waals surface area contributed by atoms with Crippen molar-refractivity contribution in [3.63, 3.8) is 0 Å². The minimum atomic E-state index is 0.323. The van der Waals surface area contributed by atoms with Gasteiger partial charge in [-0.3, -0.25) is 4.90 Å². The Morgan fingerprint density at radius 1 is 0.976 bits per heavy atom. The smallest absolute Gasteiger partial charge is 0.164 e. The van der Waals surface area contributed by atoms with Crippen LogP contribution in [0.4, 0.5) is 17.3 Å². The Hall–Kier alpha value is -2.86. The van der Waals surface area contributed by atoms with Crippen LogP contribution >= 0.6 is 12.8 Å². The van der Waals surface area contributed by atoms with E-state index in [-0.39, 0.29) is 0 Å². The van der Waals surface area contributed by atoms with Crippen LogP contribution < -0.4 is 19.7 Å². The number of benzene rings is 1. The van der Waals surface area contributed by atoms with E-state index in [1.165, 1.54) is 39.0 Å². The number of aromatic nitrogens is 3. The predicted octanol–water partition coefficient (Wildman–Crippen LogP) is 4.33. The Labute approximate surface area is 254 Å². The third kappa shape index (κ3) is 6.10. The second-order valence-electron chi connectivity index (χ2n) is 11.7. The molecule has 3 saturated heterocycles. The number of rotatable bonds is 8. The van der Waals surface area contributed by atoms with E-state index in [4.69, 9.17) is 19.4 Å². The maximum Gasteiger partial charge on any atom is 0.164 e. The van der Waals surface area contributed by atoms with Crippen LogP contribution in [-0.2, 0) is 11.2 Å². The van der Waals surface area contributed by atoms with E-state index < -0.39 is 0 Å². The summed E-state index contributed by atoms with van der Waals surface area (Å²) in [5.41, 5.74) is 5.49. The van der Waals surface area contributed by atoms with E-state index in [0.29, 0.717) is 23.4 Å². The number of hydrogen-bond donors (Lipinski definition) is 3. The minimum absolute atomic E-state index is 0.323. The highest BCUT2D eigenvalue weighted by molar-refractivity contribution is 7.81. The molecule has 1 aromatic carbocycles. The van der Waals surface area contributed by atoms with Crippen LogP contribution in [0.2, 0.25) is 0 Å². The molecule has 11 heteroatoms. The number of anilines is 3. The second-order valence-corrected chi connectivity index (χ2v) is 11.9. The van der Waals surface area contributed by atoms with Crippen LogP contribution in [0.25, 0.3) is 22.2 Å². The highest BCUT2D eigenvalue weighted by atomic mass is 32.1. The van der Waals surface area contributed by atoms with Gasteiger partial charge < -0.3 is 29.3 Å². The van der Waals surface area contributed by atoms with Gasteiger partial charge in [0.25, 0.3) is 0 Å². The summed E-state index contributed by atoms with van der Waals surface area (Å²) in [4.78, 5) is 22.4. The normalized spacial score (nSPS) is 19.8. The van der Waals surface area contributed by atoms with E-state index in [1.54, 1.807) is 7.11 Å². The maximum absolute atomic E-state index is 5.97. The molecule has 0 amide bonds. The van der Waals surface area contributed by atoms with E-state index in [1.807, 2.05) is 6.20 Å². The summed E-state index contributed by atoms with van der Waals surface area (Å²) in [6.45, 7) is 10.4. The molecule has 5 heterocycles. The number of fused-ring (bicyclic) bond motifs is 1. The first-order valence-corrected chi connectivity index (χ1v) is 15.8. The fourth-order valence-electron chi connectivity index (χ4n) is 6.53. The molecule has 10 nitrogen and oxygen atoms in total. The van der Waals surface area contributed by atoms with Crippen molar-refractivity contribution >= 4 is 41.2 Å². The van der Waals surface area contributed by atoms with Crippen LogP contribution in [0.3, 0.4) is 0 Å².